The maximum absolute atomic E-state index is 13.5. The van der Waals surface area contributed by atoms with E-state index in [9.17, 15) is 9.36 Å². The molecule has 0 aliphatic carbocycles. The Kier molecular flexibility index (Phi) is 8.95. The Morgan fingerprint density at radius 3 is 2.27 bits per heavy atom. The lowest BCUT2D eigenvalue weighted by molar-refractivity contribution is -0.110. The molecule has 37 heavy (non-hydrogen) atoms. The van der Waals surface area contributed by atoms with Crippen molar-refractivity contribution in [1.82, 2.24) is 5.32 Å². The van der Waals surface area contributed by atoms with Crippen molar-refractivity contribution in [3.63, 3.8) is 0 Å². The third-order valence-corrected chi connectivity index (χ3v) is 8.06. The Balaban J connectivity index is 1.77. The van der Waals surface area contributed by atoms with Crippen LogP contribution in [0.1, 0.15) is 43.9 Å². The molecule has 7 nitrogen and oxygen atoms in total. The normalized spacial score (nSPS) is 14.3. The van der Waals surface area contributed by atoms with Gasteiger partial charge in [0.1, 0.15) is 0 Å². The number of nitrogens with one attached hydrogen (secondary N) is 3. The molecule has 0 unspecified atom stereocenters. The number of fused-ring (bicyclic) bond motifs is 1. The molecule has 0 bridgehead atoms. The number of hydrogen-bond donors (Lipinski definition) is 3. The van der Waals surface area contributed by atoms with Gasteiger partial charge >= 0.3 is 7.60 Å². The summed E-state index contributed by atoms with van der Waals surface area (Å²) in [6.07, 6.45) is 1.09. The molecule has 194 valence electrons. The van der Waals surface area contributed by atoms with Crippen LogP contribution in [0.4, 0.5) is 11.4 Å². The van der Waals surface area contributed by atoms with Crippen molar-refractivity contribution >= 4 is 41.5 Å². The van der Waals surface area contributed by atoms with Gasteiger partial charge in [-0.2, -0.15) is 0 Å². The first-order valence-corrected chi connectivity index (χ1v) is 14.2. The standard InChI is InChI=1S/C29H34N3O4P/c1-4-18-30-20-21-12-14-23(15-13-21)31-28(22-10-8-7-9-11-22)27-25-19-24(16-17-26(25)32-29(27)33)37(34,35-5-2)36-6-3/h7-17,19,30-31H,4-6,18,20H2,1-3H3,(H,32,33)/b28-27-. The minimum Gasteiger partial charge on any atom is -0.354 e. The van der Waals surface area contributed by atoms with E-state index in [4.69, 9.17) is 9.05 Å². The third-order valence-electron chi connectivity index (χ3n) is 5.95. The van der Waals surface area contributed by atoms with E-state index in [0.29, 0.717) is 27.8 Å². The zero-order valence-corrected chi connectivity index (χ0v) is 22.4. The van der Waals surface area contributed by atoms with Crippen LogP contribution in [-0.4, -0.2) is 25.7 Å². The maximum Gasteiger partial charge on any atom is 0.361 e. The fourth-order valence-corrected chi connectivity index (χ4v) is 5.84. The molecule has 3 aromatic carbocycles. The van der Waals surface area contributed by atoms with Crippen LogP contribution < -0.4 is 21.3 Å². The van der Waals surface area contributed by atoms with Crippen molar-refractivity contribution in [2.45, 2.75) is 33.7 Å². The molecule has 3 N–H and O–H groups in total. The van der Waals surface area contributed by atoms with Crippen molar-refractivity contribution < 1.29 is 18.4 Å². The summed E-state index contributed by atoms with van der Waals surface area (Å²) in [4.78, 5) is 13.3. The van der Waals surface area contributed by atoms with Gasteiger partial charge in [-0.3, -0.25) is 9.36 Å². The van der Waals surface area contributed by atoms with Gasteiger partial charge in [0.25, 0.3) is 5.91 Å². The Morgan fingerprint density at radius 2 is 1.62 bits per heavy atom. The molecule has 1 aliphatic heterocycles. The molecule has 8 heteroatoms. The quantitative estimate of drug-likeness (QED) is 0.154. The zero-order valence-electron chi connectivity index (χ0n) is 21.5. The van der Waals surface area contributed by atoms with Crippen LogP contribution in [0.3, 0.4) is 0 Å². The highest BCUT2D eigenvalue weighted by atomic mass is 31.2. The molecule has 3 aromatic rings. The fraction of sp³-hybridized carbons (Fsp3) is 0.276. The molecule has 4 rings (SSSR count). The molecule has 1 amide bonds. The molecule has 0 spiro atoms. The number of hydrogen-bond acceptors (Lipinski definition) is 6. The second-order valence-corrected chi connectivity index (χ2v) is 10.7. The molecule has 1 heterocycles. The van der Waals surface area contributed by atoms with Gasteiger partial charge in [-0.25, -0.2) is 0 Å². The summed E-state index contributed by atoms with van der Waals surface area (Å²) in [5, 5.41) is 10.3. The van der Waals surface area contributed by atoms with Crippen molar-refractivity contribution in [3.05, 3.63) is 89.5 Å². The lowest BCUT2D eigenvalue weighted by Gasteiger charge is -2.18. The monoisotopic (exact) mass is 519 g/mol. The highest BCUT2D eigenvalue weighted by Gasteiger charge is 2.33. The van der Waals surface area contributed by atoms with Gasteiger partial charge in [0.2, 0.25) is 0 Å². The molecule has 0 fully saturated rings. The summed E-state index contributed by atoms with van der Waals surface area (Å²) >= 11 is 0. The van der Waals surface area contributed by atoms with Crippen LogP contribution in [0.5, 0.6) is 0 Å². The van der Waals surface area contributed by atoms with Gasteiger partial charge in [0, 0.05) is 23.5 Å². The number of amides is 1. The fourth-order valence-electron chi connectivity index (χ4n) is 4.24. The average Bonchev–Trinajstić information content (AvgIpc) is 3.24. The largest absolute Gasteiger partial charge is 0.361 e. The molecule has 0 radical (unpaired) electrons. The molecule has 0 aromatic heterocycles. The minimum absolute atomic E-state index is 0.235. The number of carbonyl (C=O) groups is 1. The predicted molar refractivity (Wildman–Crippen MR) is 151 cm³/mol. The first-order chi connectivity index (χ1) is 18.0. The Morgan fingerprint density at radius 1 is 0.919 bits per heavy atom. The third kappa shape index (κ3) is 6.20. The average molecular weight is 520 g/mol. The summed E-state index contributed by atoms with van der Waals surface area (Å²) in [7, 11) is -3.52. The van der Waals surface area contributed by atoms with E-state index < -0.39 is 7.60 Å². The molecule has 0 atom stereocenters. The number of rotatable bonds is 12. The first-order valence-electron chi connectivity index (χ1n) is 12.7. The SMILES string of the molecule is CCCNCc1ccc(N/C(=C2\C(=O)Nc3ccc(P(=O)(OCC)OCC)cc32)c2ccccc2)cc1. The van der Waals surface area contributed by atoms with E-state index in [1.54, 1.807) is 32.0 Å². The van der Waals surface area contributed by atoms with Gasteiger partial charge < -0.3 is 25.0 Å². The number of benzene rings is 3. The Hall–Kier alpha value is -3.22. The molecule has 0 saturated heterocycles. The highest BCUT2D eigenvalue weighted by molar-refractivity contribution is 7.62. The lowest BCUT2D eigenvalue weighted by Crippen LogP contribution is -2.13. The van der Waals surface area contributed by atoms with Crippen molar-refractivity contribution in [1.29, 1.82) is 0 Å². The van der Waals surface area contributed by atoms with Gasteiger partial charge in [-0.1, -0.05) is 49.4 Å². The molecular weight excluding hydrogens is 485 g/mol. The highest BCUT2D eigenvalue weighted by Crippen LogP contribution is 2.48. The molecular formula is C29H34N3O4P. The van der Waals surface area contributed by atoms with Crippen LogP contribution in [0.2, 0.25) is 0 Å². The smallest absolute Gasteiger partial charge is 0.354 e. The van der Waals surface area contributed by atoms with E-state index in [0.717, 1.165) is 30.8 Å². The number of anilines is 2. The van der Waals surface area contributed by atoms with E-state index in [1.807, 2.05) is 42.5 Å². The van der Waals surface area contributed by atoms with Gasteiger partial charge in [-0.05, 0) is 68.3 Å². The minimum atomic E-state index is -3.52. The topological polar surface area (TPSA) is 88.7 Å². The van der Waals surface area contributed by atoms with E-state index in [1.165, 1.54) is 5.56 Å². The summed E-state index contributed by atoms with van der Waals surface area (Å²) in [6.45, 7) is 7.96. The first kappa shape index (κ1) is 26.8. The second kappa shape index (κ2) is 12.3. The van der Waals surface area contributed by atoms with Crippen molar-refractivity contribution in [2.75, 3.05) is 30.4 Å². The maximum atomic E-state index is 13.5. The molecule has 0 saturated carbocycles. The van der Waals surface area contributed by atoms with Crippen molar-refractivity contribution in [3.8, 4) is 0 Å². The van der Waals surface area contributed by atoms with Crippen LogP contribution in [-0.2, 0) is 25.0 Å². The predicted octanol–water partition coefficient (Wildman–Crippen LogP) is 6.01. The Labute approximate surface area is 218 Å². The lowest BCUT2D eigenvalue weighted by atomic mass is 10.00. The van der Waals surface area contributed by atoms with E-state index in [-0.39, 0.29) is 19.1 Å². The van der Waals surface area contributed by atoms with E-state index >= 15 is 0 Å². The number of carbonyl (C=O) groups excluding carboxylic acids is 1. The van der Waals surface area contributed by atoms with Gasteiger partial charge in [-0.15, -0.1) is 0 Å². The molecule has 1 aliphatic rings. The Bertz CT molecular complexity index is 1300. The zero-order chi connectivity index (χ0) is 26.3. The second-order valence-electron chi connectivity index (χ2n) is 8.63. The summed E-state index contributed by atoms with van der Waals surface area (Å²) < 4.78 is 24.6. The van der Waals surface area contributed by atoms with Crippen LogP contribution in [0.25, 0.3) is 11.3 Å². The van der Waals surface area contributed by atoms with Crippen LogP contribution in [0.15, 0.2) is 72.8 Å². The van der Waals surface area contributed by atoms with Gasteiger partial charge in [0.05, 0.1) is 29.8 Å². The summed E-state index contributed by atoms with van der Waals surface area (Å²) in [5.74, 6) is -0.235. The van der Waals surface area contributed by atoms with Crippen LogP contribution in [0, 0.1) is 0 Å². The summed E-state index contributed by atoms with van der Waals surface area (Å²) in [6, 6.07) is 23.1. The van der Waals surface area contributed by atoms with Crippen molar-refractivity contribution in [2.24, 2.45) is 0 Å². The van der Waals surface area contributed by atoms with Gasteiger partial charge in [0.15, 0.2) is 0 Å². The van der Waals surface area contributed by atoms with Crippen LogP contribution >= 0.6 is 7.60 Å². The van der Waals surface area contributed by atoms with E-state index in [2.05, 4.69) is 35.0 Å². The summed E-state index contributed by atoms with van der Waals surface area (Å²) in [5.41, 5.74) is 5.33.